The van der Waals surface area contributed by atoms with Crippen LogP contribution in [0.2, 0.25) is 0 Å². The van der Waals surface area contributed by atoms with Crippen LogP contribution in [0.15, 0.2) is 48.1 Å². The summed E-state index contributed by atoms with van der Waals surface area (Å²) in [4.78, 5) is 0. The van der Waals surface area contributed by atoms with Gasteiger partial charge in [0.2, 0.25) is 0 Å². The molecule has 1 aromatic rings. The molecule has 0 fully saturated rings. The first-order valence-corrected chi connectivity index (χ1v) is 8.76. The molecule has 1 heteroatoms. The van der Waals surface area contributed by atoms with E-state index in [9.17, 15) is 0 Å². The quantitative estimate of drug-likeness (QED) is 0.527. The van der Waals surface area contributed by atoms with Crippen molar-refractivity contribution in [2.75, 3.05) is 6.61 Å². The Bertz CT molecular complexity index is 495. The summed E-state index contributed by atoms with van der Waals surface area (Å²) in [5, 5.41) is 0. The van der Waals surface area contributed by atoms with Crippen molar-refractivity contribution in [3.8, 4) is 5.75 Å². The molecule has 0 saturated heterocycles. The molecule has 1 aromatic carbocycles. The van der Waals surface area contributed by atoms with Crippen LogP contribution < -0.4 is 4.74 Å². The molecule has 2 rings (SSSR count). The van der Waals surface area contributed by atoms with Gasteiger partial charge in [0, 0.05) is 0 Å². The Morgan fingerprint density at radius 3 is 2.64 bits per heavy atom. The van der Waals surface area contributed by atoms with Gasteiger partial charge in [-0.1, -0.05) is 56.2 Å². The molecule has 2 unspecified atom stereocenters. The standard InChI is InChI=1S/C21H30O/c1-4-7-19(20-9-5-8-18(3)16-20)10-6-15-22-21-13-11-17(2)12-14-21/h5,9,11-14,16,18-19H,4,6-8,10,15H2,1-3H3. The predicted octanol–water partition coefficient (Wildman–Crippen LogP) is 6.09. The van der Waals surface area contributed by atoms with Crippen LogP contribution in [0.3, 0.4) is 0 Å². The van der Waals surface area contributed by atoms with E-state index in [2.05, 4.69) is 63.3 Å². The minimum absolute atomic E-state index is 0.697. The van der Waals surface area contributed by atoms with Crippen molar-refractivity contribution < 1.29 is 4.74 Å². The fourth-order valence-electron chi connectivity index (χ4n) is 3.12. The van der Waals surface area contributed by atoms with Gasteiger partial charge in [0.05, 0.1) is 6.61 Å². The van der Waals surface area contributed by atoms with E-state index in [4.69, 9.17) is 4.74 Å². The third kappa shape index (κ3) is 5.36. The van der Waals surface area contributed by atoms with Crippen LogP contribution in [-0.2, 0) is 0 Å². The molecule has 0 radical (unpaired) electrons. The molecule has 0 bridgehead atoms. The van der Waals surface area contributed by atoms with Gasteiger partial charge >= 0.3 is 0 Å². The Balaban J connectivity index is 1.79. The second-order valence-electron chi connectivity index (χ2n) is 6.57. The molecule has 1 nitrogen and oxygen atoms in total. The van der Waals surface area contributed by atoms with Crippen LogP contribution in [0.1, 0.15) is 51.5 Å². The van der Waals surface area contributed by atoms with Crippen molar-refractivity contribution in [2.24, 2.45) is 11.8 Å². The Morgan fingerprint density at radius 1 is 1.18 bits per heavy atom. The van der Waals surface area contributed by atoms with E-state index in [1.54, 1.807) is 5.57 Å². The smallest absolute Gasteiger partial charge is 0.119 e. The van der Waals surface area contributed by atoms with E-state index in [-0.39, 0.29) is 0 Å². The number of hydrogen-bond donors (Lipinski definition) is 0. The lowest BCUT2D eigenvalue weighted by molar-refractivity contribution is 0.295. The van der Waals surface area contributed by atoms with Crippen molar-refractivity contribution in [1.82, 2.24) is 0 Å². The fourth-order valence-corrected chi connectivity index (χ4v) is 3.12. The van der Waals surface area contributed by atoms with Crippen molar-refractivity contribution >= 4 is 0 Å². The molecule has 0 aromatic heterocycles. The summed E-state index contributed by atoms with van der Waals surface area (Å²) >= 11 is 0. The summed E-state index contributed by atoms with van der Waals surface area (Å²) in [5.41, 5.74) is 2.83. The zero-order valence-electron chi connectivity index (χ0n) is 14.3. The van der Waals surface area contributed by atoms with Gasteiger partial charge < -0.3 is 4.74 Å². The SMILES string of the molecule is CCCC(CCCOc1ccc(C)cc1)C1=CC(C)CC=C1. The molecule has 0 amide bonds. The van der Waals surface area contributed by atoms with Gasteiger partial charge in [-0.2, -0.15) is 0 Å². The van der Waals surface area contributed by atoms with Crippen molar-refractivity contribution in [3.63, 3.8) is 0 Å². The molecule has 2 atom stereocenters. The Kier molecular flexibility index (Phi) is 6.76. The van der Waals surface area contributed by atoms with Gasteiger partial charge in [-0.15, -0.1) is 0 Å². The van der Waals surface area contributed by atoms with E-state index in [1.807, 2.05) is 0 Å². The zero-order chi connectivity index (χ0) is 15.8. The van der Waals surface area contributed by atoms with Gasteiger partial charge in [0.15, 0.2) is 0 Å². The summed E-state index contributed by atoms with van der Waals surface area (Å²) in [6.07, 6.45) is 13.2. The molecule has 0 heterocycles. The molecular formula is C21H30O. The number of hydrogen-bond acceptors (Lipinski definition) is 1. The monoisotopic (exact) mass is 298 g/mol. The Morgan fingerprint density at radius 2 is 1.95 bits per heavy atom. The molecule has 0 aliphatic heterocycles. The second kappa shape index (κ2) is 8.82. The van der Waals surface area contributed by atoms with E-state index in [1.165, 1.54) is 31.2 Å². The maximum Gasteiger partial charge on any atom is 0.119 e. The van der Waals surface area contributed by atoms with Gasteiger partial charge in [-0.05, 0) is 62.1 Å². The normalized spacial score (nSPS) is 18.9. The Labute approximate surface area is 136 Å². The lowest BCUT2D eigenvalue weighted by atomic mass is 9.84. The maximum absolute atomic E-state index is 5.86. The van der Waals surface area contributed by atoms with Crippen molar-refractivity contribution in [2.45, 2.75) is 52.9 Å². The van der Waals surface area contributed by atoms with Crippen LogP contribution in [0.25, 0.3) is 0 Å². The van der Waals surface area contributed by atoms with Gasteiger partial charge in [-0.25, -0.2) is 0 Å². The molecule has 0 saturated carbocycles. The average molecular weight is 298 g/mol. The van der Waals surface area contributed by atoms with Crippen LogP contribution in [0.4, 0.5) is 0 Å². The van der Waals surface area contributed by atoms with Gasteiger partial charge in [0.25, 0.3) is 0 Å². The van der Waals surface area contributed by atoms with E-state index in [0.29, 0.717) is 11.8 Å². The highest BCUT2D eigenvalue weighted by Gasteiger charge is 2.14. The third-order valence-electron chi connectivity index (χ3n) is 4.39. The highest BCUT2D eigenvalue weighted by Crippen LogP contribution is 2.28. The molecule has 0 spiro atoms. The summed E-state index contributed by atoms with van der Waals surface area (Å²) in [6, 6.07) is 8.34. The molecule has 0 N–H and O–H groups in total. The summed E-state index contributed by atoms with van der Waals surface area (Å²) in [5.74, 6) is 2.39. The largest absolute Gasteiger partial charge is 0.494 e. The minimum atomic E-state index is 0.697. The first-order valence-electron chi connectivity index (χ1n) is 8.76. The molecule has 1 aliphatic rings. The third-order valence-corrected chi connectivity index (χ3v) is 4.39. The van der Waals surface area contributed by atoms with E-state index in [0.717, 1.165) is 18.8 Å². The topological polar surface area (TPSA) is 9.23 Å². The lowest BCUT2D eigenvalue weighted by Crippen LogP contribution is -2.09. The minimum Gasteiger partial charge on any atom is -0.494 e. The number of benzene rings is 1. The lowest BCUT2D eigenvalue weighted by Gasteiger charge is -2.22. The van der Waals surface area contributed by atoms with Crippen LogP contribution >= 0.6 is 0 Å². The molecule has 1 aliphatic carbocycles. The molecule has 120 valence electrons. The average Bonchev–Trinajstić information content (AvgIpc) is 2.52. The number of ether oxygens (including phenoxy) is 1. The molecule has 22 heavy (non-hydrogen) atoms. The highest BCUT2D eigenvalue weighted by atomic mass is 16.5. The second-order valence-corrected chi connectivity index (χ2v) is 6.57. The Hall–Kier alpha value is -1.50. The number of rotatable bonds is 8. The first kappa shape index (κ1) is 16.9. The van der Waals surface area contributed by atoms with Crippen LogP contribution in [0, 0.1) is 18.8 Å². The summed E-state index contributed by atoms with van der Waals surface area (Å²) < 4.78 is 5.86. The highest BCUT2D eigenvalue weighted by molar-refractivity contribution is 5.27. The van der Waals surface area contributed by atoms with Crippen molar-refractivity contribution in [3.05, 3.63) is 53.6 Å². The molecular weight excluding hydrogens is 268 g/mol. The fraction of sp³-hybridized carbons (Fsp3) is 0.524. The van der Waals surface area contributed by atoms with Crippen molar-refractivity contribution in [1.29, 1.82) is 0 Å². The maximum atomic E-state index is 5.86. The van der Waals surface area contributed by atoms with E-state index >= 15 is 0 Å². The van der Waals surface area contributed by atoms with Gasteiger partial charge in [-0.3, -0.25) is 0 Å². The van der Waals surface area contributed by atoms with Crippen LogP contribution in [-0.4, -0.2) is 6.61 Å². The number of allylic oxidation sites excluding steroid dienone is 4. The summed E-state index contributed by atoms with van der Waals surface area (Å²) in [6.45, 7) is 7.51. The number of aryl methyl sites for hydroxylation is 1. The first-order chi connectivity index (χ1) is 10.7. The van der Waals surface area contributed by atoms with Gasteiger partial charge in [0.1, 0.15) is 5.75 Å². The predicted molar refractivity (Wildman–Crippen MR) is 95.3 cm³/mol. The van der Waals surface area contributed by atoms with Crippen LogP contribution in [0.5, 0.6) is 5.75 Å². The zero-order valence-corrected chi connectivity index (χ0v) is 14.3. The summed E-state index contributed by atoms with van der Waals surface area (Å²) in [7, 11) is 0. The van der Waals surface area contributed by atoms with E-state index < -0.39 is 0 Å².